The molecule has 1 heterocycles. The molecule has 1 aliphatic heterocycles. The van der Waals surface area contributed by atoms with Gasteiger partial charge in [-0.1, -0.05) is 33.6 Å². The van der Waals surface area contributed by atoms with Gasteiger partial charge in [-0.3, -0.25) is 0 Å². The number of alkyl halides is 1. The van der Waals surface area contributed by atoms with Crippen molar-refractivity contribution in [1.29, 1.82) is 0 Å². The number of hydrogen-bond donors (Lipinski definition) is 0. The van der Waals surface area contributed by atoms with Gasteiger partial charge >= 0.3 is 0 Å². The van der Waals surface area contributed by atoms with Gasteiger partial charge in [-0.2, -0.15) is 0 Å². The third kappa shape index (κ3) is 2.65. The molecule has 0 radical (unpaired) electrons. The summed E-state index contributed by atoms with van der Waals surface area (Å²) >= 11 is 9.51. The van der Waals surface area contributed by atoms with E-state index >= 15 is 0 Å². The van der Waals surface area contributed by atoms with Gasteiger partial charge in [0.05, 0.1) is 0 Å². The molecule has 0 fully saturated rings. The molecule has 3 nitrogen and oxygen atoms in total. The van der Waals surface area contributed by atoms with Crippen LogP contribution in [0.1, 0.15) is 5.56 Å². The lowest BCUT2D eigenvalue weighted by Crippen LogP contribution is -1.92. The third-order valence-electron chi connectivity index (χ3n) is 2.75. The summed E-state index contributed by atoms with van der Waals surface area (Å²) in [5, 5.41) is 1.39. The number of fused-ring (bicyclic) bond motifs is 1. The van der Waals surface area contributed by atoms with E-state index in [2.05, 4.69) is 15.9 Å². The highest BCUT2D eigenvalue weighted by Crippen LogP contribution is 2.37. The molecule has 0 amide bonds. The summed E-state index contributed by atoms with van der Waals surface area (Å²) in [5.41, 5.74) is 1.03. The van der Waals surface area contributed by atoms with Crippen molar-refractivity contribution in [2.75, 3.05) is 6.79 Å². The fourth-order valence-electron chi connectivity index (χ4n) is 1.78. The van der Waals surface area contributed by atoms with Crippen molar-refractivity contribution in [1.82, 2.24) is 0 Å². The summed E-state index contributed by atoms with van der Waals surface area (Å²) in [6.07, 6.45) is 0. The minimum absolute atomic E-state index is 0.255. The van der Waals surface area contributed by atoms with Crippen molar-refractivity contribution in [2.45, 2.75) is 5.33 Å². The highest BCUT2D eigenvalue weighted by molar-refractivity contribution is 9.08. The molecule has 1 aliphatic rings. The molecular weight excluding hydrogens is 332 g/mol. The minimum Gasteiger partial charge on any atom is -0.457 e. The van der Waals surface area contributed by atoms with Crippen LogP contribution in [0.2, 0.25) is 5.02 Å². The van der Waals surface area contributed by atoms with Crippen LogP contribution in [0.3, 0.4) is 0 Å². The second kappa shape index (κ2) is 5.31. The Labute approximate surface area is 124 Å². The molecule has 0 bridgehead atoms. The molecule has 5 heteroatoms. The van der Waals surface area contributed by atoms with Gasteiger partial charge in [0.25, 0.3) is 0 Å². The van der Waals surface area contributed by atoms with Crippen molar-refractivity contribution in [3.8, 4) is 23.0 Å². The van der Waals surface area contributed by atoms with Gasteiger partial charge in [-0.05, 0) is 29.8 Å². The van der Waals surface area contributed by atoms with Crippen LogP contribution in [-0.4, -0.2) is 6.79 Å². The average molecular weight is 342 g/mol. The predicted octanol–water partition coefficient (Wildman–Crippen LogP) is 4.76. The number of rotatable bonds is 3. The summed E-state index contributed by atoms with van der Waals surface area (Å²) in [6, 6.07) is 11.1. The first-order valence-corrected chi connectivity index (χ1v) is 7.18. The molecule has 0 N–H and O–H groups in total. The lowest BCUT2D eigenvalue weighted by Gasteiger charge is -2.08. The first kappa shape index (κ1) is 12.6. The van der Waals surface area contributed by atoms with E-state index in [0.29, 0.717) is 22.3 Å². The number of halogens is 2. The average Bonchev–Trinajstić information content (AvgIpc) is 2.86. The number of benzene rings is 2. The van der Waals surface area contributed by atoms with Crippen molar-refractivity contribution >= 4 is 27.5 Å². The number of ether oxygens (including phenoxy) is 3. The second-order valence-electron chi connectivity index (χ2n) is 4.00. The van der Waals surface area contributed by atoms with E-state index in [-0.39, 0.29) is 6.79 Å². The molecule has 0 saturated carbocycles. The summed E-state index contributed by atoms with van der Waals surface area (Å²) in [4.78, 5) is 0. The van der Waals surface area contributed by atoms with Crippen molar-refractivity contribution in [2.24, 2.45) is 0 Å². The maximum Gasteiger partial charge on any atom is 0.231 e. The molecule has 0 spiro atoms. The van der Waals surface area contributed by atoms with E-state index in [4.69, 9.17) is 25.8 Å². The molecule has 0 saturated heterocycles. The van der Waals surface area contributed by atoms with Gasteiger partial charge in [0.2, 0.25) is 6.79 Å². The lowest BCUT2D eigenvalue weighted by molar-refractivity contribution is 0.174. The molecule has 0 unspecified atom stereocenters. The van der Waals surface area contributed by atoms with E-state index in [1.165, 1.54) is 0 Å². The second-order valence-corrected chi connectivity index (χ2v) is 4.97. The topological polar surface area (TPSA) is 27.7 Å². The summed E-state index contributed by atoms with van der Waals surface area (Å²) in [7, 11) is 0. The predicted molar refractivity (Wildman–Crippen MR) is 76.7 cm³/mol. The molecular formula is C14H10BrClO3. The Bertz CT molecular complexity index is 616. The minimum atomic E-state index is 0.255. The maximum atomic E-state index is 6.13. The normalized spacial score (nSPS) is 12.5. The molecule has 2 aromatic rings. The Morgan fingerprint density at radius 3 is 2.58 bits per heavy atom. The molecule has 0 aliphatic carbocycles. The van der Waals surface area contributed by atoms with E-state index in [9.17, 15) is 0 Å². The van der Waals surface area contributed by atoms with E-state index in [0.717, 1.165) is 16.6 Å². The van der Waals surface area contributed by atoms with Crippen LogP contribution < -0.4 is 14.2 Å². The fourth-order valence-corrected chi connectivity index (χ4v) is 2.66. The summed E-state index contributed by atoms with van der Waals surface area (Å²) in [6.45, 7) is 0.255. The standard InChI is InChI=1S/C14H10BrClO3/c15-7-9-1-2-10(5-12(9)16)19-11-3-4-13-14(6-11)18-8-17-13/h1-6H,7-8H2. The largest absolute Gasteiger partial charge is 0.457 e. The Morgan fingerprint density at radius 1 is 1.05 bits per heavy atom. The van der Waals surface area contributed by atoms with Gasteiger partial charge in [0.15, 0.2) is 11.5 Å². The van der Waals surface area contributed by atoms with E-state index in [1.54, 1.807) is 12.1 Å². The van der Waals surface area contributed by atoms with Gasteiger partial charge in [0.1, 0.15) is 11.5 Å². The van der Waals surface area contributed by atoms with E-state index in [1.807, 2.05) is 24.3 Å². The van der Waals surface area contributed by atoms with Crippen LogP contribution in [0.15, 0.2) is 36.4 Å². The molecule has 3 rings (SSSR count). The maximum absolute atomic E-state index is 6.13. The summed E-state index contributed by atoms with van der Waals surface area (Å²) < 4.78 is 16.3. The van der Waals surface area contributed by atoms with Crippen molar-refractivity contribution < 1.29 is 14.2 Å². The lowest BCUT2D eigenvalue weighted by atomic mass is 10.2. The zero-order valence-corrected chi connectivity index (χ0v) is 12.2. The van der Waals surface area contributed by atoms with Gasteiger partial charge in [-0.25, -0.2) is 0 Å². The molecule has 98 valence electrons. The van der Waals surface area contributed by atoms with Crippen molar-refractivity contribution in [3.05, 3.63) is 47.0 Å². The van der Waals surface area contributed by atoms with Gasteiger partial charge in [-0.15, -0.1) is 0 Å². The van der Waals surface area contributed by atoms with Crippen LogP contribution in [-0.2, 0) is 5.33 Å². The van der Waals surface area contributed by atoms with Crippen LogP contribution >= 0.6 is 27.5 Å². The Morgan fingerprint density at radius 2 is 1.79 bits per heavy atom. The molecule has 0 aromatic heterocycles. The molecule has 19 heavy (non-hydrogen) atoms. The smallest absolute Gasteiger partial charge is 0.231 e. The first-order chi connectivity index (χ1) is 9.26. The van der Waals surface area contributed by atoms with Crippen LogP contribution in [0.5, 0.6) is 23.0 Å². The Kier molecular flexibility index (Phi) is 3.53. The SMILES string of the molecule is Clc1cc(Oc2ccc3c(c2)OCO3)ccc1CBr. The van der Waals surface area contributed by atoms with Crippen LogP contribution in [0.25, 0.3) is 0 Å². The zero-order chi connectivity index (χ0) is 13.2. The fraction of sp³-hybridized carbons (Fsp3) is 0.143. The highest BCUT2D eigenvalue weighted by Gasteiger charge is 2.14. The van der Waals surface area contributed by atoms with Crippen molar-refractivity contribution in [3.63, 3.8) is 0 Å². The van der Waals surface area contributed by atoms with Gasteiger partial charge in [0, 0.05) is 16.4 Å². The first-order valence-electron chi connectivity index (χ1n) is 5.68. The molecule has 0 atom stereocenters. The third-order valence-corrected chi connectivity index (χ3v) is 3.70. The van der Waals surface area contributed by atoms with Crippen LogP contribution in [0.4, 0.5) is 0 Å². The van der Waals surface area contributed by atoms with Gasteiger partial charge < -0.3 is 14.2 Å². The Hall–Kier alpha value is -1.39. The monoisotopic (exact) mass is 340 g/mol. The zero-order valence-electron chi connectivity index (χ0n) is 9.86. The van der Waals surface area contributed by atoms with Crippen LogP contribution in [0, 0.1) is 0 Å². The van der Waals surface area contributed by atoms with E-state index < -0.39 is 0 Å². The highest BCUT2D eigenvalue weighted by atomic mass is 79.9. The summed E-state index contributed by atoms with van der Waals surface area (Å²) in [5.74, 6) is 2.81. The quantitative estimate of drug-likeness (QED) is 0.754. The Balaban J connectivity index is 1.83. The molecule has 2 aromatic carbocycles. The number of hydrogen-bond acceptors (Lipinski definition) is 3.